The highest BCUT2D eigenvalue weighted by molar-refractivity contribution is 4.94. The Balaban J connectivity index is 3.76. The Labute approximate surface area is 47.9 Å². The van der Waals surface area contributed by atoms with E-state index in [0.29, 0.717) is 0 Å². The van der Waals surface area contributed by atoms with Crippen molar-refractivity contribution in [2.24, 2.45) is 0 Å². The molecule has 0 aliphatic rings. The van der Waals surface area contributed by atoms with Crippen LogP contribution in [0.2, 0.25) is 0 Å². The molecule has 0 aromatic carbocycles. The molecule has 3 nitrogen and oxygen atoms in total. The molecule has 0 saturated heterocycles. The van der Waals surface area contributed by atoms with Gasteiger partial charge >= 0.3 is 0 Å². The van der Waals surface area contributed by atoms with Gasteiger partial charge in [0.15, 0.2) is 0 Å². The Kier molecular flexibility index (Phi) is 2.68. The first-order valence-corrected chi connectivity index (χ1v) is 2.26. The van der Waals surface area contributed by atoms with E-state index in [1.807, 2.05) is 0 Å². The number of aliphatic hydroxyl groups excluding tert-OH is 2. The maximum absolute atomic E-state index is 8.82. The SMILES string of the molecule is C=CC(O)(CO)CO. The second-order valence-electron chi connectivity index (χ2n) is 1.62. The molecule has 0 aromatic heterocycles. The summed E-state index contributed by atoms with van der Waals surface area (Å²) < 4.78 is 0. The van der Waals surface area contributed by atoms with Crippen molar-refractivity contribution in [3.8, 4) is 0 Å². The summed E-state index contributed by atoms with van der Waals surface area (Å²) in [6, 6.07) is 0. The fourth-order valence-electron chi connectivity index (χ4n) is 0.179. The van der Waals surface area contributed by atoms with Crippen molar-refractivity contribution in [1.29, 1.82) is 0 Å². The van der Waals surface area contributed by atoms with E-state index in [9.17, 15) is 0 Å². The second kappa shape index (κ2) is 2.81. The van der Waals surface area contributed by atoms with Crippen molar-refractivity contribution in [2.75, 3.05) is 13.2 Å². The molecule has 0 saturated carbocycles. The molecule has 3 N–H and O–H groups in total. The Morgan fingerprint density at radius 3 is 1.75 bits per heavy atom. The minimum Gasteiger partial charge on any atom is -0.393 e. The van der Waals surface area contributed by atoms with Gasteiger partial charge in [0.2, 0.25) is 0 Å². The smallest absolute Gasteiger partial charge is 0.128 e. The average molecular weight is 118 g/mol. The standard InChI is InChI=1S/C5H10O3/c1-2-5(8,3-6)4-7/h2,6-8H,1,3-4H2. The van der Waals surface area contributed by atoms with Crippen molar-refractivity contribution in [1.82, 2.24) is 0 Å². The van der Waals surface area contributed by atoms with Crippen LogP contribution in [0.4, 0.5) is 0 Å². The van der Waals surface area contributed by atoms with Crippen LogP contribution in [0.5, 0.6) is 0 Å². The zero-order valence-electron chi connectivity index (χ0n) is 4.54. The van der Waals surface area contributed by atoms with E-state index in [-0.39, 0.29) is 0 Å². The van der Waals surface area contributed by atoms with E-state index in [1.54, 1.807) is 0 Å². The third-order valence-electron chi connectivity index (χ3n) is 0.928. The summed E-state index contributed by atoms with van der Waals surface area (Å²) in [5.74, 6) is 0. The van der Waals surface area contributed by atoms with E-state index >= 15 is 0 Å². The maximum atomic E-state index is 8.82. The van der Waals surface area contributed by atoms with Crippen LogP contribution < -0.4 is 0 Å². The quantitative estimate of drug-likeness (QED) is 0.412. The molecule has 8 heavy (non-hydrogen) atoms. The summed E-state index contributed by atoms with van der Waals surface area (Å²) in [4.78, 5) is 0. The van der Waals surface area contributed by atoms with Crippen molar-refractivity contribution in [3.63, 3.8) is 0 Å². The Morgan fingerprint density at radius 1 is 1.38 bits per heavy atom. The lowest BCUT2D eigenvalue weighted by molar-refractivity contribution is -0.0167. The van der Waals surface area contributed by atoms with Crippen molar-refractivity contribution in [2.45, 2.75) is 5.60 Å². The maximum Gasteiger partial charge on any atom is 0.128 e. The molecule has 48 valence electrons. The van der Waals surface area contributed by atoms with E-state index in [4.69, 9.17) is 15.3 Å². The molecule has 3 heteroatoms. The molecule has 0 atom stereocenters. The third kappa shape index (κ3) is 1.61. The van der Waals surface area contributed by atoms with E-state index in [0.717, 1.165) is 6.08 Å². The molecule has 0 spiro atoms. The van der Waals surface area contributed by atoms with E-state index < -0.39 is 18.8 Å². The van der Waals surface area contributed by atoms with Gasteiger partial charge < -0.3 is 15.3 Å². The first kappa shape index (κ1) is 7.62. The zero-order valence-corrected chi connectivity index (χ0v) is 4.54. The zero-order chi connectivity index (χ0) is 6.62. The van der Waals surface area contributed by atoms with Crippen LogP contribution >= 0.6 is 0 Å². The van der Waals surface area contributed by atoms with Gasteiger partial charge in [0.05, 0.1) is 13.2 Å². The van der Waals surface area contributed by atoms with E-state index in [1.165, 1.54) is 0 Å². The van der Waals surface area contributed by atoms with Gasteiger partial charge in [0.25, 0.3) is 0 Å². The van der Waals surface area contributed by atoms with Crippen LogP contribution in [-0.4, -0.2) is 34.1 Å². The number of aliphatic hydroxyl groups is 3. The van der Waals surface area contributed by atoms with Gasteiger partial charge in [0, 0.05) is 0 Å². The summed E-state index contributed by atoms with van der Waals surface area (Å²) in [5, 5.41) is 25.4. The summed E-state index contributed by atoms with van der Waals surface area (Å²) >= 11 is 0. The molecular formula is C5H10O3. The topological polar surface area (TPSA) is 60.7 Å². The van der Waals surface area contributed by atoms with Gasteiger partial charge in [-0.1, -0.05) is 6.08 Å². The van der Waals surface area contributed by atoms with Crippen molar-refractivity contribution >= 4 is 0 Å². The van der Waals surface area contributed by atoms with Gasteiger partial charge in [-0.25, -0.2) is 0 Å². The fourth-order valence-corrected chi connectivity index (χ4v) is 0.179. The number of hydrogen-bond acceptors (Lipinski definition) is 3. The van der Waals surface area contributed by atoms with Crippen molar-refractivity contribution in [3.05, 3.63) is 12.7 Å². The van der Waals surface area contributed by atoms with Crippen LogP contribution in [0.1, 0.15) is 0 Å². The lowest BCUT2D eigenvalue weighted by atomic mass is 10.1. The Hall–Kier alpha value is -0.380. The molecule has 0 aromatic rings. The molecule has 0 rings (SSSR count). The summed E-state index contributed by atoms with van der Waals surface area (Å²) in [7, 11) is 0. The van der Waals surface area contributed by atoms with Gasteiger partial charge in [-0.2, -0.15) is 0 Å². The first-order chi connectivity index (χ1) is 3.68. The average Bonchev–Trinajstić information content (AvgIpc) is 1.87. The normalized spacial score (nSPS) is 11.4. The van der Waals surface area contributed by atoms with Gasteiger partial charge in [0.1, 0.15) is 5.60 Å². The first-order valence-electron chi connectivity index (χ1n) is 2.26. The number of rotatable bonds is 3. The van der Waals surface area contributed by atoms with Crippen LogP contribution in [0.3, 0.4) is 0 Å². The molecule has 0 unspecified atom stereocenters. The molecule has 0 radical (unpaired) electrons. The second-order valence-corrected chi connectivity index (χ2v) is 1.62. The minimum absolute atomic E-state index is 0.493. The highest BCUT2D eigenvalue weighted by Gasteiger charge is 2.18. The molecule has 0 fully saturated rings. The molecular weight excluding hydrogens is 108 g/mol. The molecule has 0 aliphatic heterocycles. The largest absolute Gasteiger partial charge is 0.393 e. The monoisotopic (exact) mass is 118 g/mol. The minimum atomic E-state index is -1.50. The number of hydrogen-bond donors (Lipinski definition) is 3. The summed E-state index contributed by atoms with van der Waals surface area (Å²) in [6.07, 6.45) is 1.10. The predicted molar refractivity (Wildman–Crippen MR) is 29.3 cm³/mol. The highest BCUT2D eigenvalue weighted by Crippen LogP contribution is 2.00. The third-order valence-corrected chi connectivity index (χ3v) is 0.928. The highest BCUT2D eigenvalue weighted by atomic mass is 16.4. The molecule has 0 heterocycles. The molecule has 0 amide bonds. The van der Waals surface area contributed by atoms with Gasteiger partial charge in [-0.15, -0.1) is 6.58 Å². The predicted octanol–water partition coefficient (Wildman–Crippen LogP) is -1.11. The lowest BCUT2D eigenvalue weighted by Crippen LogP contribution is -2.34. The lowest BCUT2D eigenvalue weighted by Gasteiger charge is -2.16. The van der Waals surface area contributed by atoms with Crippen LogP contribution in [0.15, 0.2) is 12.7 Å². The van der Waals surface area contributed by atoms with E-state index in [2.05, 4.69) is 6.58 Å². The Morgan fingerprint density at radius 2 is 1.75 bits per heavy atom. The van der Waals surface area contributed by atoms with Gasteiger partial charge in [-0.3, -0.25) is 0 Å². The molecule has 0 bridgehead atoms. The van der Waals surface area contributed by atoms with Crippen LogP contribution in [-0.2, 0) is 0 Å². The summed E-state index contributed by atoms with van der Waals surface area (Å²) in [6.45, 7) is 2.22. The fraction of sp³-hybridized carbons (Fsp3) is 0.600. The molecule has 0 aliphatic carbocycles. The van der Waals surface area contributed by atoms with Crippen molar-refractivity contribution < 1.29 is 15.3 Å². The van der Waals surface area contributed by atoms with Gasteiger partial charge in [-0.05, 0) is 0 Å². The van der Waals surface area contributed by atoms with Crippen LogP contribution in [0, 0.1) is 0 Å². The Bertz CT molecular complexity index is 75.7. The van der Waals surface area contributed by atoms with Crippen LogP contribution in [0.25, 0.3) is 0 Å². The summed E-state index contributed by atoms with van der Waals surface area (Å²) in [5.41, 5.74) is -1.50.